The third-order valence-electron chi connectivity index (χ3n) is 3.64. The van der Waals surface area contributed by atoms with Crippen molar-refractivity contribution in [1.29, 1.82) is 0 Å². The van der Waals surface area contributed by atoms with E-state index in [2.05, 4.69) is 6.92 Å². The molecule has 0 radical (unpaired) electrons. The summed E-state index contributed by atoms with van der Waals surface area (Å²) in [7, 11) is 0. The molecule has 17 heavy (non-hydrogen) atoms. The Balaban J connectivity index is 2.01. The molecule has 4 heteroatoms. The fourth-order valence-corrected chi connectivity index (χ4v) is 2.41. The highest BCUT2D eigenvalue weighted by molar-refractivity contribution is 5.82. The van der Waals surface area contributed by atoms with Crippen LogP contribution in [0.25, 0.3) is 0 Å². The first-order valence-electron chi connectivity index (χ1n) is 6.20. The zero-order valence-corrected chi connectivity index (χ0v) is 10.4. The number of nitrogens with one attached hydrogen (secondary N) is 1. The summed E-state index contributed by atoms with van der Waals surface area (Å²) in [6.45, 7) is 7.27. The molecule has 0 saturated carbocycles. The summed E-state index contributed by atoms with van der Waals surface area (Å²) >= 11 is 0. The van der Waals surface area contributed by atoms with E-state index < -0.39 is 5.97 Å². The van der Waals surface area contributed by atoms with Crippen LogP contribution in [0.4, 0.5) is 0 Å². The van der Waals surface area contributed by atoms with Gasteiger partial charge in [0, 0.05) is 5.56 Å². The number of carbonyl (C=O) groups is 1. The van der Waals surface area contributed by atoms with Crippen molar-refractivity contribution in [3.8, 4) is 0 Å². The molecule has 0 unspecified atom stereocenters. The molecule has 1 aromatic heterocycles. The van der Waals surface area contributed by atoms with E-state index in [1.54, 1.807) is 6.07 Å². The van der Waals surface area contributed by atoms with Gasteiger partial charge in [-0.2, -0.15) is 0 Å². The smallest absolute Gasteiger partial charge is 0.150 e. The largest absolute Gasteiger partial charge is 0.542 e. The summed E-state index contributed by atoms with van der Waals surface area (Å²) < 4.78 is 5.16. The van der Waals surface area contributed by atoms with Crippen molar-refractivity contribution in [3.05, 3.63) is 23.2 Å². The lowest BCUT2D eigenvalue weighted by Gasteiger charge is -2.27. The van der Waals surface area contributed by atoms with Crippen LogP contribution in [0.2, 0.25) is 0 Å². The number of hydrogen-bond donors (Lipinski definition) is 1. The second-order valence-corrected chi connectivity index (χ2v) is 5.09. The molecular weight excluding hydrogens is 218 g/mol. The topological polar surface area (TPSA) is 57.7 Å². The zero-order valence-electron chi connectivity index (χ0n) is 10.4. The summed E-state index contributed by atoms with van der Waals surface area (Å²) in [5, 5.41) is 10.7. The molecule has 0 atom stereocenters. The van der Waals surface area contributed by atoms with E-state index in [-0.39, 0.29) is 5.76 Å². The lowest BCUT2D eigenvalue weighted by atomic mass is 9.99. The number of carbonyl (C=O) groups excluding carboxylic acids is 1. The van der Waals surface area contributed by atoms with Crippen LogP contribution in [0.5, 0.6) is 0 Å². The number of hydrogen-bond acceptors (Lipinski definition) is 3. The Morgan fingerprint density at radius 2 is 2.18 bits per heavy atom. The van der Waals surface area contributed by atoms with Gasteiger partial charge in [-0.3, -0.25) is 0 Å². The SMILES string of the molecule is Cc1oc(C(=O)[O-])cc1C[NH+]1CCC(C)CC1. The van der Waals surface area contributed by atoms with E-state index in [0.29, 0.717) is 5.76 Å². The van der Waals surface area contributed by atoms with Gasteiger partial charge >= 0.3 is 0 Å². The van der Waals surface area contributed by atoms with Crippen LogP contribution in [0.15, 0.2) is 10.5 Å². The number of piperidine rings is 1. The number of aryl methyl sites for hydroxylation is 1. The molecule has 1 aliphatic heterocycles. The Morgan fingerprint density at radius 1 is 1.53 bits per heavy atom. The molecule has 94 valence electrons. The predicted octanol–water partition coefficient (Wildman–Crippen LogP) is -0.234. The summed E-state index contributed by atoms with van der Waals surface area (Å²) in [6, 6.07) is 1.61. The normalized spacial score (nSPS) is 24.8. The third kappa shape index (κ3) is 2.88. The summed E-state index contributed by atoms with van der Waals surface area (Å²) in [6.07, 6.45) is 2.50. The quantitative estimate of drug-likeness (QED) is 0.790. The van der Waals surface area contributed by atoms with Crippen molar-refractivity contribution in [2.45, 2.75) is 33.2 Å². The first-order chi connectivity index (χ1) is 8.06. The highest BCUT2D eigenvalue weighted by Gasteiger charge is 2.21. The summed E-state index contributed by atoms with van der Waals surface area (Å²) in [5.74, 6) is 0.238. The predicted molar refractivity (Wildman–Crippen MR) is 60.6 cm³/mol. The fourth-order valence-electron chi connectivity index (χ4n) is 2.41. The molecule has 1 aromatic rings. The van der Waals surface area contributed by atoms with E-state index >= 15 is 0 Å². The number of quaternary nitrogens is 1. The molecule has 1 saturated heterocycles. The first-order valence-corrected chi connectivity index (χ1v) is 6.20. The molecule has 0 bridgehead atoms. The van der Waals surface area contributed by atoms with E-state index in [0.717, 1.165) is 31.1 Å². The third-order valence-corrected chi connectivity index (χ3v) is 3.64. The van der Waals surface area contributed by atoms with Gasteiger partial charge in [-0.1, -0.05) is 6.92 Å². The Bertz CT molecular complexity index is 403. The van der Waals surface area contributed by atoms with Crippen molar-refractivity contribution in [3.63, 3.8) is 0 Å². The van der Waals surface area contributed by atoms with Gasteiger partial charge in [-0.15, -0.1) is 0 Å². The van der Waals surface area contributed by atoms with Gasteiger partial charge in [0.1, 0.15) is 24.0 Å². The van der Waals surface area contributed by atoms with Gasteiger partial charge in [0.05, 0.1) is 13.1 Å². The standard InChI is InChI=1S/C13H19NO3/c1-9-3-5-14(6-4-9)8-11-7-12(13(15)16)17-10(11)2/h7,9H,3-6,8H2,1-2H3,(H,15,16). The van der Waals surface area contributed by atoms with Gasteiger partial charge in [-0.25, -0.2) is 0 Å². The van der Waals surface area contributed by atoms with Crippen LogP contribution < -0.4 is 10.0 Å². The second kappa shape index (κ2) is 4.92. The van der Waals surface area contributed by atoms with E-state index in [4.69, 9.17) is 4.42 Å². The van der Waals surface area contributed by atoms with Crippen molar-refractivity contribution >= 4 is 5.97 Å². The number of aromatic carboxylic acids is 1. The highest BCUT2D eigenvalue weighted by Crippen LogP contribution is 2.14. The molecule has 0 spiro atoms. The molecule has 4 nitrogen and oxygen atoms in total. The van der Waals surface area contributed by atoms with E-state index in [9.17, 15) is 9.90 Å². The van der Waals surface area contributed by atoms with Crippen LogP contribution in [-0.4, -0.2) is 19.1 Å². The summed E-state index contributed by atoms with van der Waals surface area (Å²) in [5.41, 5.74) is 0.994. The minimum absolute atomic E-state index is 0.0534. The molecule has 2 heterocycles. The fraction of sp³-hybridized carbons (Fsp3) is 0.615. The Kier molecular flexibility index (Phi) is 3.52. The number of carboxylic acid groups (broad SMARTS) is 1. The van der Waals surface area contributed by atoms with Gasteiger partial charge < -0.3 is 19.2 Å². The monoisotopic (exact) mass is 237 g/mol. The lowest BCUT2D eigenvalue weighted by molar-refractivity contribution is -0.919. The minimum Gasteiger partial charge on any atom is -0.542 e. The highest BCUT2D eigenvalue weighted by atomic mass is 16.4. The molecule has 0 aromatic carbocycles. The van der Waals surface area contributed by atoms with Crippen molar-refractivity contribution < 1.29 is 19.2 Å². The van der Waals surface area contributed by atoms with E-state index in [1.165, 1.54) is 17.7 Å². The zero-order chi connectivity index (χ0) is 12.4. The molecule has 1 N–H and O–H groups in total. The average molecular weight is 237 g/mol. The van der Waals surface area contributed by atoms with Crippen LogP contribution >= 0.6 is 0 Å². The van der Waals surface area contributed by atoms with Crippen molar-refractivity contribution in [1.82, 2.24) is 0 Å². The van der Waals surface area contributed by atoms with Gasteiger partial charge in [0.15, 0.2) is 0 Å². The van der Waals surface area contributed by atoms with Crippen LogP contribution in [-0.2, 0) is 6.54 Å². The maximum Gasteiger partial charge on any atom is 0.150 e. The van der Waals surface area contributed by atoms with Crippen LogP contribution in [0.3, 0.4) is 0 Å². The van der Waals surface area contributed by atoms with Crippen LogP contribution in [0.1, 0.15) is 41.6 Å². The molecule has 1 fully saturated rings. The van der Waals surface area contributed by atoms with Gasteiger partial charge in [-0.05, 0) is 31.7 Å². The molecular formula is C13H19NO3. The number of likely N-dealkylation sites (tertiary alicyclic amines) is 1. The maximum atomic E-state index is 10.7. The minimum atomic E-state index is -1.23. The summed E-state index contributed by atoms with van der Waals surface area (Å²) in [4.78, 5) is 12.2. The van der Waals surface area contributed by atoms with Crippen LogP contribution in [0, 0.1) is 12.8 Å². The second-order valence-electron chi connectivity index (χ2n) is 5.09. The van der Waals surface area contributed by atoms with E-state index in [1.807, 2.05) is 6.92 Å². The van der Waals surface area contributed by atoms with Crippen molar-refractivity contribution in [2.24, 2.45) is 5.92 Å². The molecule has 0 amide bonds. The molecule has 1 aliphatic rings. The number of rotatable bonds is 3. The molecule has 2 rings (SSSR count). The lowest BCUT2D eigenvalue weighted by Crippen LogP contribution is -3.11. The maximum absolute atomic E-state index is 10.7. The first kappa shape index (κ1) is 12.2. The Morgan fingerprint density at radius 3 is 2.71 bits per heavy atom. The van der Waals surface area contributed by atoms with Gasteiger partial charge in [0.25, 0.3) is 0 Å². The van der Waals surface area contributed by atoms with Gasteiger partial charge in [0.2, 0.25) is 0 Å². The molecule has 0 aliphatic carbocycles. The average Bonchev–Trinajstić information content (AvgIpc) is 2.64. The number of furan rings is 1. The Hall–Kier alpha value is -1.29. The Labute approximate surface area is 101 Å². The van der Waals surface area contributed by atoms with Crippen molar-refractivity contribution in [2.75, 3.05) is 13.1 Å². The number of carboxylic acids is 1.